The number of aliphatic hydroxyl groups is 1. The Bertz CT molecular complexity index is 390. The molecule has 1 unspecified atom stereocenters. The highest BCUT2D eigenvalue weighted by molar-refractivity contribution is 5.97. The van der Waals surface area contributed by atoms with E-state index in [0.717, 1.165) is 12.0 Å². The first-order chi connectivity index (χ1) is 8.04. The van der Waals surface area contributed by atoms with Crippen molar-refractivity contribution in [2.24, 2.45) is 0 Å². The third kappa shape index (κ3) is 4.07. The number of aryl methyl sites for hydroxylation is 1. The minimum Gasteiger partial charge on any atom is -0.507 e. The Labute approximate surface area is 101 Å². The molecule has 0 aliphatic heterocycles. The summed E-state index contributed by atoms with van der Waals surface area (Å²) in [6, 6.07) is 4.91. The van der Waals surface area contributed by atoms with E-state index in [-0.39, 0.29) is 24.3 Å². The number of phenols is 1. The average molecular weight is 237 g/mol. The maximum Gasteiger partial charge on any atom is 0.255 e. The summed E-state index contributed by atoms with van der Waals surface area (Å²) in [7, 11) is 0. The zero-order valence-electron chi connectivity index (χ0n) is 10.2. The Morgan fingerprint density at radius 1 is 1.47 bits per heavy atom. The van der Waals surface area contributed by atoms with Gasteiger partial charge in [0.05, 0.1) is 5.56 Å². The average Bonchev–Trinajstić information content (AvgIpc) is 2.29. The first-order valence-electron chi connectivity index (χ1n) is 5.76. The van der Waals surface area contributed by atoms with E-state index in [0.29, 0.717) is 12.0 Å². The Morgan fingerprint density at radius 3 is 2.82 bits per heavy atom. The van der Waals surface area contributed by atoms with Gasteiger partial charge >= 0.3 is 0 Å². The maximum absolute atomic E-state index is 11.9. The molecule has 0 aliphatic rings. The summed E-state index contributed by atoms with van der Waals surface area (Å²) in [6.45, 7) is 3.86. The molecule has 4 nitrogen and oxygen atoms in total. The normalized spacial score (nSPS) is 12.2. The number of phenolic OH excluding ortho intramolecular Hbond substituents is 1. The number of hydrogen-bond acceptors (Lipinski definition) is 3. The quantitative estimate of drug-likeness (QED) is 0.728. The van der Waals surface area contributed by atoms with Crippen molar-refractivity contribution in [1.82, 2.24) is 5.32 Å². The predicted octanol–water partition coefficient (Wildman–Crippen LogP) is 1.59. The first kappa shape index (κ1) is 13.5. The number of aromatic hydroxyl groups is 1. The molecule has 17 heavy (non-hydrogen) atoms. The van der Waals surface area contributed by atoms with Crippen molar-refractivity contribution in [1.29, 1.82) is 0 Å². The monoisotopic (exact) mass is 237 g/mol. The van der Waals surface area contributed by atoms with Crippen LogP contribution >= 0.6 is 0 Å². The molecule has 0 aliphatic carbocycles. The lowest BCUT2D eigenvalue weighted by molar-refractivity contribution is 0.0933. The molecule has 1 rings (SSSR count). The largest absolute Gasteiger partial charge is 0.507 e. The molecule has 1 atom stereocenters. The number of amides is 1. The minimum absolute atomic E-state index is 0.0116. The van der Waals surface area contributed by atoms with E-state index in [1.165, 1.54) is 6.07 Å². The summed E-state index contributed by atoms with van der Waals surface area (Å²) < 4.78 is 0. The molecule has 0 radical (unpaired) electrons. The van der Waals surface area contributed by atoms with Gasteiger partial charge < -0.3 is 15.5 Å². The first-order valence-corrected chi connectivity index (χ1v) is 5.76. The lowest BCUT2D eigenvalue weighted by Crippen LogP contribution is -2.32. The summed E-state index contributed by atoms with van der Waals surface area (Å²) in [6.07, 6.45) is 1.37. The lowest BCUT2D eigenvalue weighted by atomic mass is 10.1. The van der Waals surface area contributed by atoms with E-state index in [1.807, 2.05) is 13.8 Å². The maximum atomic E-state index is 11.9. The van der Waals surface area contributed by atoms with Gasteiger partial charge in [0.15, 0.2) is 0 Å². The van der Waals surface area contributed by atoms with Gasteiger partial charge in [0, 0.05) is 12.6 Å². The third-order valence-corrected chi connectivity index (χ3v) is 2.57. The summed E-state index contributed by atoms with van der Waals surface area (Å²) in [5.41, 5.74) is 1.22. The molecule has 0 fully saturated rings. The van der Waals surface area contributed by atoms with Crippen molar-refractivity contribution in [3.63, 3.8) is 0 Å². The number of aliphatic hydroxyl groups excluding tert-OH is 1. The van der Waals surface area contributed by atoms with E-state index in [4.69, 9.17) is 5.11 Å². The van der Waals surface area contributed by atoms with Crippen molar-refractivity contribution in [2.45, 2.75) is 32.7 Å². The van der Waals surface area contributed by atoms with Gasteiger partial charge in [0.1, 0.15) is 5.75 Å². The summed E-state index contributed by atoms with van der Waals surface area (Å²) in [5, 5.41) is 21.1. The Balaban J connectivity index is 2.66. The fourth-order valence-corrected chi connectivity index (χ4v) is 1.60. The third-order valence-electron chi connectivity index (χ3n) is 2.57. The number of nitrogens with one attached hydrogen (secondary N) is 1. The molecule has 4 heteroatoms. The molecule has 0 bridgehead atoms. The minimum atomic E-state index is -0.281. The van der Waals surface area contributed by atoms with Crippen molar-refractivity contribution < 1.29 is 15.0 Å². The fraction of sp³-hybridized carbons (Fsp3) is 0.462. The SMILES string of the molecule is Cc1ccc(O)c(C(=O)NC(C)CCCO)c1. The molecule has 1 amide bonds. The van der Waals surface area contributed by atoms with E-state index in [2.05, 4.69) is 5.32 Å². The van der Waals surface area contributed by atoms with Crippen LogP contribution in [0.3, 0.4) is 0 Å². The molecule has 0 saturated heterocycles. The van der Waals surface area contributed by atoms with Gasteiger partial charge in [-0.2, -0.15) is 0 Å². The van der Waals surface area contributed by atoms with Gasteiger partial charge in [-0.25, -0.2) is 0 Å². The van der Waals surface area contributed by atoms with E-state index >= 15 is 0 Å². The summed E-state index contributed by atoms with van der Waals surface area (Å²) in [4.78, 5) is 11.9. The van der Waals surface area contributed by atoms with Crippen molar-refractivity contribution in [3.05, 3.63) is 29.3 Å². The van der Waals surface area contributed by atoms with Crippen molar-refractivity contribution in [2.75, 3.05) is 6.61 Å². The van der Waals surface area contributed by atoms with Crippen LogP contribution in [0.15, 0.2) is 18.2 Å². The smallest absolute Gasteiger partial charge is 0.255 e. The number of hydrogen-bond donors (Lipinski definition) is 3. The van der Waals surface area contributed by atoms with Crippen molar-refractivity contribution in [3.8, 4) is 5.75 Å². The molecule has 1 aromatic carbocycles. The van der Waals surface area contributed by atoms with Crippen LogP contribution in [0, 0.1) is 6.92 Å². The van der Waals surface area contributed by atoms with Crippen LogP contribution in [-0.4, -0.2) is 28.8 Å². The number of rotatable bonds is 5. The van der Waals surface area contributed by atoms with Gasteiger partial charge in [-0.15, -0.1) is 0 Å². The van der Waals surface area contributed by atoms with Crippen LogP contribution in [0.5, 0.6) is 5.75 Å². The van der Waals surface area contributed by atoms with Crippen LogP contribution in [0.4, 0.5) is 0 Å². The highest BCUT2D eigenvalue weighted by atomic mass is 16.3. The molecular formula is C13H19NO3. The molecule has 94 valence electrons. The molecule has 0 heterocycles. The van der Waals surface area contributed by atoms with Gasteiger partial charge in [-0.1, -0.05) is 11.6 Å². The Kier molecular flexibility index (Phi) is 4.97. The van der Waals surface area contributed by atoms with E-state index in [9.17, 15) is 9.90 Å². The van der Waals surface area contributed by atoms with Gasteiger partial charge in [0.25, 0.3) is 5.91 Å². The van der Waals surface area contributed by atoms with Crippen molar-refractivity contribution >= 4 is 5.91 Å². The molecule has 1 aromatic rings. The Morgan fingerprint density at radius 2 is 2.18 bits per heavy atom. The van der Waals surface area contributed by atoms with E-state index < -0.39 is 0 Å². The second-order valence-electron chi connectivity index (χ2n) is 4.26. The molecule has 0 aromatic heterocycles. The molecule has 3 N–H and O–H groups in total. The molecule has 0 saturated carbocycles. The lowest BCUT2D eigenvalue weighted by Gasteiger charge is -2.14. The predicted molar refractivity (Wildman–Crippen MR) is 66.1 cm³/mol. The van der Waals surface area contributed by atoms with Crippen LogP contribution in [-0.2, 0) is 0 Å². The number of benzene rings is 1. The van der Waals surface area contributed by atoms with Crippen LogP contribution < -0.4 is 5.32 Å². The van der Waals surface area contributed by atoms with Crippen LogP contribution in [0.2, 0.25) is 0 Å². The second-order valence-corrected chi connectivity index (χ2v) is 4.26. The van der Waals surface area contributed by atoms with Gasteiger partial charge in [-0.3, -0.25) is 4.79 Å². The fourth-order valence-electron chi connectivity index (χ4n) is 1.60. The highest BCUT2D eigenvalue weighted by Crippen LogP contribution is 2.18. The topological polar surface area (TPSA) is 69.6 Å². The summed E-state index contributed by atoms with van der Waals surface area (Å²) in [5.74, 6) is -0.293. The van der Waals surface area contributed by atoms with E-state index in [1.54, 1.807) is 12.1 Å². The highest BCUT2D eigenvalue weighted by Gasteiger charge is 2.13. The Hall–Kier alpha value is -1.55. The standard InChI is InChI=1S/C13H19NO3/c1-9-5-6-12(16)11(8-9)13(17)14-10(2)4-3-7-15/h5-6,8,10,15-16H,3-4,7H2,1-2H3,(H,14,17). The number of carbonyl (C=O) groups excluding carboxylic acids is 1. The van der Waals surface area contributed by atoms with Gasteiger partial charge in [-0.05, 0) is 38.8 Å². The van der Waals surface area contributed by atoms with Crippen LogP contribution in [0.1, 0.15) is 35.7 Å². The summed E-state index contributed by atoms with van der Waals surface area (Å²) >= 11 is 0. The zero-order valence-corrected chi connectivity index (χ0v) is 10.2. The molecular weight excluding hydrogens is 218 g/mol. The number of carbonyl (C=O) groups is 1. The zero-order chi connectivity index (χ0) is 12.8. The van der Waals surface area contributed by atoms with Gasteiger partial charge in [0.2, 0.25) is 0 Å². The van der Waals surface area contributed by atoms with Crippen LogP contribution in [0.25, 0.3) is 0 Å². The second kappa shape index (κ2) is 6.25. The molecule has 0 spiro atoms.